The van der Waals surface area contributed by atoms with Crippen molar-refractivity contribution in [3.05, 3.63) is 35.0 Å². The summed E-state index contributed by atoms with van der Waals surface area (Å²) in [5.41, 5.74) is -0.654. The highest BCUT2D eigenvalue weighted by atomic mass is 35.5. The van der Waals surface area contributed by atoms with Gasteiger partial charge in [0.2, 0.25) is 0 Å². The van der Waals surface area contributed by atoms with Gasteiger partial charge in [0.25, 0.3) is 0 Å². The molecular formula is C14H15ClFNO. The van der Waals surface area contributed by atoms with E-state index in [0.29, 0.717) is 35.8 Å². The van der Waals surface area contributed by atoms with Gasteiger partial charge in [0.1, 0.15) is 11.3 Å². The van der Waals surface area contributed by atoms with Crippen LogP contribution in [0.2, 0.25) is 5.02 Å². The molecule has 1 aliphatic heterocycles. The molecule has 0 aliphatic carbocycles. The Labute approximate surface area is 110 Å². The normalized spacial score (nSPS) is 25.2. The SMILES string of the molecule is FC1(c2cc3cc(Cl)ccc3o2)CCCNCC1. The fourth-order valence-corrected chi connectivity index (χ4v) is 2.69. The van der Waals surface area contributed by atoms with Crippen molar-refractivity contribution in [3.8, 4) is 0 Å². The van der Waals surface area contributed by atoms with E-state index in [0.717, 1.165) is 18.4 Å². The van der Waals surface area contributed by atoms with Crippen LogP contribution in [0.5, 0.6) is 0 Å². The molecule has 2 nitrogen and oxygen atoms in total. The summed E-state index contributed by atoms with van der Waals surface area (Å²) in [7, 11) is 0. The summed E-state index contributed by atoms with van der Waals surface area (Å²) < 4.78 is 20.6. The Bertz CT molecular complexity index is 558. The van der Waals surface area contributed by atoms with Gasteiger partial charge in [0, 0.05) is 16.8 Å². The summed E-state index contributed by atoms with van der Waals surface area (Å²) in [6.07, 6.45) is 1.79. The predicted octanol–water partition coefficient (Wildman–Crippen LogP) is 4.02. The van der Waals surface area contributed by atoms with Gasteiger partial charge < -0.3 is 9.73 Å². The molecule has 1 fully saturated rings. The number of halogens is 2. The van der Waals surface area contributed by atoms with Gasteiger partial charge in [-0.25, -0.2) is 4.39 Å². The second-order valence-corrected chi connectivity index (χ2v) is 5.30. The third kappa shape index (κ3) is 2.13. The zero-order valence-corrected chi connectivity index (χ0v) is 10.8. The molecule has 2 heterocycles. The van der Waals surface area contributed by atoms with Crippen LogP contribution < -0.4 is 5.32 Å². The molecule has 0 radical (unpaired) electrons. The van der Waals surface area contributed by atoms with Gasteiger partial charge in [-0.2, -0.15) is 0 Å². The molecule has 1 saturated heterocycles. The third-order valence-electron chi connectivity index (χ3n) is 3.54. The first-order valence-electron chi connectivity index (χ1n) is 6.27. The van der Waals surface area contributed by atoms with Crippen LogP contribution >= 0.6 is 11.6 Å². The molecule has 0 spiro atoms. The van der Waals surface area contributed by atoms with Gasteiger partial charge in [-0.1, -0.05) is 11.6 Å². The quantitative estimate of drug-likeness (QED) is 0.844. The van der Waals surface area contributed by atoms with Crippen molar-refractivity contribution in [2.45, 2.75) is 24.9 Å². The first-order chi connectivity index (χ1) is 8.67. The molecule has 2 aromatic rings. The monoisotopic (exact) mass is 267 g/mol. The van der Waals surface area contributed by atoms with Crippen LogP contribution in [-0.2, 0) is 5.67 Å². The van der Waals surface area contributed by atoms with Crippen molar-refractivity contribution in [3.63, 3.8) is 0 Å². The molecule has 96 valence electrons. The van der Waals surface area contributed by atoms with Crippen molar-refractivity contribution in [2.75, 3.05) is 13.1 Å². The van der Waals surface area contributed by atoms with E-state index in [2.05, 4.69) is 5.32 Å². The molecule has 1 aliphatic rings. The van der Waals surface area contributed by atoms with Gasteiger partial charge in [0.15, 0.2) is 5.67 Å². The molecule has 3 rings (SSSR count). The first-order valence-corrected chi connectivity index (χ1v) is 6.64. The Morgan fingerprint density at radius 1 is 1.22 bits per heavy atom. The molecule has 1 atom stereocenters. The molecule has 0 bridgehead atoms. The summed E-state index contributed by atoms with van der Waals surface area (Å²) in [5, 5.41) is 4.72. The van der Waals surface area contributed by atoms with E-state index >= 15 is 0 Å². The Kier molecular flexibility index (Phi) is 3.04. The van der Waals surface area contributed by atoms with Crippen LogP contribution in [0.15, 0.2) is 28.7 Å². The van der Waals surface area contributed by atoms with Crippen LogP contribution in [0.4, 0.5) is 4.39 Å². The van der Waals surface area contributed by atoms with E-state index in [1.54, 1.807) is 18.2 Å². The van der Waals surface area contributed by atoms with Crippen LogP contribution in [0.3, 0.4) is 0 Å². The van der Waals surface area contributed by atoms with Gasteiger partial charge in [0.05, 0.1) is 0 Å². The lowest BCUT2D eigenvalue weighted by atomic mass is 9.94. The van der Waals surface area contributed by atoms with E-state index in [-0.39, 0.29) is 0 Å². The summed E-state index contributed by atoms with van der Waals surface area (Å²) >= 11 is 5.93. The lowest BCUT2D eigenvalue weighted by Gasteiger charge is -2.20. The Balaban J connectivity index is 2.02. The van der Waals surface area contributed by atoms with Gasteiger partial charge in [-0.15, -0.1) is 0 Å². The van der Waals surface area contributed by atoms with Crippen molar-refractivity contribution in [1.82, 2.24) is 5.32 Å². The van der Waals surface area contributed by atoms with Crippen LogP contribution in [-0.4, -0.2) is 13.1 Å². The maximum absolute atomic E-state index is 14.9. The summed E-state index contributed by atoms with van der Waals surface area (Å²) in [4.78, 5) is 0. The molecule has 1 N–H and O–H groups in total. The third-order valence-corrected chi connectivity index (χ3v) is 3.78. The number of alkyl halides is 1. The number of hydrogen-bond donors (Lipinski definition) is 1. The van der Waals surface area contributed by atoms with Crippen molar-refractivity contribution in [1.29, 1.82) is 0 Å². The number of fused-ring (bicyclic) bond motifs is 1. The average molecular weight is 268 g/mol. The minimum atomic E-state index is -1.35. The molecule has 0 saturated carbocycles. The van der Waals surface area contributed by atoms with E-state index in [1.165, 1.54) is 0 Å². The lowest BCUT2D eigenvalue weighted by Crippen LogP contribution is -2.21. The minimum absolute atomic E-state index is 0.434. The first kappa shape index (κ1) is 12.0. The number of furan rings is 1. The van der Waals surface area contributed by atoms with E-state index < -0.39 is 5.67 Å². The molecule has 1 unspecified atom stereocenters. The zero-order chi connectivity index (χ0) is 12.6. The molecule has 0 amide bonds. The topological polar surface area (TPSA) is 25.2 Å². The highest BCUT2D eigenvalue weighted by molar-refractivity contribution is 6.31. The summed E-state index contributed by atoms with van der Waals surface area (Å²) in [6.45, 7) is 1.56. The zero-order valence-electron chi connectivity index (χ0n) is 10.0. The standard InChI is InChI=1S/C14H15ClFNO/c15-11-2-3-12-10(8-11)9-13(18-12)14(16)4-1-6-17-7-5-14/h2-3,8-9,17H,1,4-7H2. The molecular weight excluding hydrogens is 253 g/mol. The second kappa shape index (κ2) is 4.56. The predicted molar refractivity (Wildman–Crippen MR) is 70.7 cm³/mol. The van der Waals surface area contributed by atoms with Crippen molar-refractivity contribution >= 4 is 22.6 Å². The smallest absolute Gasteiger partial charge is 0.169 e. The Morgan fingerprint density at radius 3 is 3.00 bits per heavy atom. The highest BCUT2D eigenvalue weighted by Gasteiger charge is 2.36. The number of rotatable bonds is 1. The van der Waals surface area contributed by atoms with Gasteiger partial charge >= 0.3 is 0 Å². The number of hydrogen-bond acceptors (Lipinski definition) is 2. The Morgan fingerprint density at radius 2 is 2.11 bits per heavy atom. The molecule has 18 heavy (non-hydrogen) atoms. The molecule has 1 aromatic carbocycles. The average Bonchev–Trinajstić information content (AvgIpc) is 2.65. The fourth-order valence-electron chi connectivity index (χ4n) is 2.51. The van der Waals surface area contributed by atoms with Crippen LogP contribution in [0.25, 0.3) is 11.0 Å². The second-order valence-electron chi connectivity index (χ2n) is 4.86. The van der Waals surface area contributed by atoms with Crippen molar-refractivity contribution in [2.24, 2.45) is 0 Å². The maximum Gasteiger partial charge on any atom is 0.169 e. The largest absolute Gasteiger partial charge is 0.458 e. The highest BCUT2D eigenvalue weighted by Crippen LogP contribution is 2.38. The van der Waals surface area contributed by atoms with E-state index in [1.807, 2.05) is 6.07 Å². The van der Waals surface area contributed by atoms with Crippen molar-refractivity contribution < 1.29 is 8.81 Å². The van der Waals surface area contributed by atoms with Gasteiger partial charge in [-0.05, 0) is 50.2 Å². The van der Waals surface area contributed by atoms with Crippen LogP contribution in [0, 0.1) is 0 Å². The van der Waals surface area contributed by atoms with Crippen LogP contribution in [0.1, 0.15) is 25.0 Å². The summed E-state index contributed by atoms with van der Waals surface area (Å²) in [5.74, 6) is 0.434. The lowest BCUT2D eigenvalue weighted by molar-refractivity contribution is 0.115. The summed E-state index contributed by atoms with van der Waals surface area (Å²) in [6, 6.07) is 7.14. The molecule has 4 heteroatoms. The fraction of sp³-hybridized carbons (Fsp3) is 0.429. The molecule has 1 aromatic heterocycles. The number of nitrogens with one attached hydrogen (secondary N) is 1. The van der Waals surface area contributed by atoms with E-state index in [4.69, 9.17) is 16.0 Å². The Hall–Kier alpha value is -1.06. The minimum Gasteiger partial charge on any atom is -0.458 e. The van der Waals surface area contributed by atoms with E-state index in [9.17, 15) is 4.39 Å². The number of benzene rings is 1. The van der Waals surface area contributed by atoms with Gasteiger partial charge in [-0.3, -0.25) is 0 Å². The maximum atomic E-state index is 14.9.